The van der Waals surface area contributed by atoms with E-state index < -0.39 is 21.6 Å². The monoisotopic (exact) mass is 518 g/mol. The van der Waals surface area contributed by atoms with E-state index in [1.165, 1.54) is 10.5 Å². The van der Waals surface area contributed by atoms with Crippen LogP contribution in [-0.2, 0) is 30.6 Å². The number of imide groups is 1. The zero-order chi connectivity index (χ0) is 25.2. The largest absolute Gasteiger partial charge is 0.326 e. The summed E-state index contributed by atoms with van der Waals surface area (Å²) < 4.78 is 0. The molecule has 3 aromatic rings. The minimum absolute atomic E-state index is 0.0169. The molecular formula is C29H24Cl2N2O3. The Balaban J connectivity index is 1.31. The predicted octanol–water partition coefficient (Wildman–Crippen LogP) is 5.17. The van der Waals surface area contributed by atoms with Gasteiger partial charge in [0, 0.05) is 18.7 Å². The second-order valence-electron chi connectivity index (χ2n) is 9.65. The summed E-state index contributed by atoms with van der Waals surface area (Å²) in [6.07, 6.45) is 0.893. The van der Waals surface area contributed by atoms with Crippen LogP contribution >= 0.6 is 23.2 Å². The highest BCUT2D eigenvalue weighted by atomic mass is 35.5. The molecule has 1 heterocycles. The first-order chi connectivity index (χ1) is 17.3. The van der Waals surface area contributed by atoms with Gasteiger partial charge in [0.25, 0.3) is 0 Å². The number of alkyl halides is 2. The fourth-order valence-corrected chi connectivity index (χ4v) is 7.30. The molecule has 0 aromatic heterocycles. The van der Waals surface area contributed by atoms with Gasteiger partial charge in [-0.25, -0.2) is 0 Å². The van der Waals surface area contributed by atoms with Crippen LogP contribution in [0.4, 0.5) is 5.69 Å². The molecule has 5 nitrogen and oxygen atoms in total. The summed E-state index contributed by atoms with van der Waals surface area (Å²) in [6.45, 7) is 2.03. The van der Waals surface area contributed by atoms with Gasteiger partial charge in [-0.2, -0.15) is 0 Å². The minimum atomic E-state index is -1.21. The molecule has 1 saturated heterocycles. The van der Waals surface area contributed by atoms with Gasteiger partial charge in [-0.3, -0.25) is 19.3 Å². The van der Waals surface area contributed by atoms with Crippen LogP contribution in [0.5, 0.6) is 0 Å². The summed E-state index contributed by atoms with van der Waals surface area (Å²) in [7, 11) is 0. The topological polar surface area (TPSA) is 66.5 Å². The molecule has 182 valence electrons. The molecule has 3 aromatic carbocycles. The van der Waals surface area contributed by atoms with Gasteiger partial charge in [-0.15, -0.1) is 23.2 Å². The molecule has 0 saturated carbocycles. The second kappa shape index (κ2) is 8.19. The third-order valence-corrected chi connectivity index (χ3v) is 9.17. The van der Waals surface area contributed by atoms with Crippen LogP contribution in [0.2, 0.25) is 0 Å². The van der Waals surface area contributed by atoms with Crippen molar-refractivity contribution in [1.82, 2.24) is 4.90 Å². The Hall–Kier alpha value is -3.15. The fraction of sp³-hybridized carbons (Fsp3) is 0.276. The molecule has 36 heavy (non-hydrogen) atoms. The van der Waals surface area contributed by atoms with Gasteiger partial charge in [0.05, 0.1) is 11.8 Å². The SMILES string of the molecule is CCc1ccc(NC(=O)CCN2C(=O)[C@@H]3[C@H](C2=O)C2(Cl)c4ccccc4C3(Cl)c3ccccc32)cc1. The van der Waals surface area contributed by atoms with E-state index in [2.05, 4.69) is 12.2 Å². The number of benzene rings is 3. The Morgan fingerprint density at radius 2 is 1.25 bits per heavy atom. The molecule has 0 spiro atoms. The Labute approximate surface area is 219 Å². The minimum Gasteiger partial charge on any atom is -0.326 e. The van der Waals surface area contributed by atoms with Crippen molar-refractivity contribution < 1.29 is 14.4 Å². The highest BCUT2D eigenvalue weighted by Crippen LogP contribution is 2.69. The molecule has 1 N–H and O–H groups in total. The first kappa shape index (κ1) is 23.3. The molecule has 4 aliphatic rings. The number of nitrogens with zero attached hydrogens (tertiary/aromatic N) is 1. The Bertz CT molecular complexity index is 1300. The van der Waals surface area contributed by atoms with Crippen molar-refractivity contribution in [3.8, 4) is 0 Å². The van der Waals surface area contributed by atoms with Crippen molar-refractivity contribution in [3.63, 3.8) is 0 Å². The van der Waals surface area contributed by atoms with E-state index in [0.29, 0.717) is 5.69 Å². The lowest BCUT2D eigenvalue weighted by Crippen LogP contribution is -2.57. The van der Waals surface area contributed by atoms with Gasteiger partial charge in [0.1, 0.15) is 9.75 Å². The lowest BCUT2D eigenvalue weighted by Gasteiger charge is -2.54. The first-order valence-electron chi connectivity index (χ1n) is 12.1. The maximum Gasteiger partial charge on any atom is 0.235 e. The zero-order valence-corrected chi connectivity index (χ0v) is 21.1. The van der Waals surface area contributed by atoms with Crippen LogP contribution in [0.15, 0.2) is 72.8 Å². The van der Waals surface area contributed by atoms with Gasteiger partial charge in [-0.05, 0) is 46.4 Å². The second-order valence-corrected chi connectivity index (χ2v) is 10.8. The van der Waals surface area contributed by atoms with Gasteiger partial charge < -0.3 is 5.32 Å². The highest BCUT2D eigenvalue weighted by Gasteiger charge is 2.72. The molecule has 3 amide bonds. The van der Waals surface area contributed by atoms with Crippen LogP contribution in [0, 0.1) is 11.8 Å². The number of hydrogen-bond donors (Lipinski definition) is 1. The first-order valence-corrected chi connectivity index (χ1v) is 12.9. The Morgan fingerprint density at radius 1 is 0.806 bits per heavy atom. The molecule has 7 rings (SSSR count). The summed E-state index contributed by atoms with van der Waals surface area (Å²) in [5.41, 5.74) is 4.89. The van der Waals surface area contributed by atoms with Gasteiger partial charge >= 0.3 is 0 Å². The summed E-state index contributed by atoms with van der Waals surface area (Å²) in [5.74, 6) is -2.73. The molecule has 0 radical (unpaired) electrons. The van der Waals surface area contributed by atoms with Gasteiger partial charge in [-0.1, -0.05) is 67.6 Å². The molecule has 1 aliphatic heterocycles. The number of carbonyl (C=O) groups is 3. The van der Waals surface area contributed by atoms with Gasteiger partial charge in [0.2, 0.25) is 17.7 Å². The number of nitrogens with one attached hydrogen (secondary N) is 1. The molecule has 1 fully saturated rings. The lowest BCUT2D eigenvalue weighted by atomic mass is 9.54. The third kappa shape index (κ3) is 2.99. The molecule has 3 aliphatic carbocycles. The van der Waals surface area contributed by atoms with Crippen molar-refractivity contribution in [2.24, 2.45) is 11.8 Å². The number of rotatable bonds is 5. The van der Waals surface area contributed by atoms with Crippen LogP contribution in [-0.4, -0.2) is 29.2 Å². The summed E-state index contributed by atoms with van der Waals surface area (Å²) in [6, 6.07) is 22.7. The van der Waals surface area contributed by atoms with E-state index >= 15 is 0 Å². The summed E-state index contributed by atoms with van der Waals surface area (Å²) in [4.78, 5) is 39.0. The lowest BCUT2D eigenvalue weighted by molar-refractivity contribution is -0.140. The average molecular weight is 519 g/mol. The molecular weight excluding hydrogens is 495 g/mol. The predicted molar refractivity (Wildman–Crippen MR) is 139 cm³/mol. The smallest absolute Gasteiger partial charge is 0.235 e. The van der Waals surface area contributed by atoms with Crippen LogP contribution < -0.4 is 5.32 Å². The van der Waals surface area contributed by atoms with Crippen LogP contribution in [0.25, 0.3) is 0 Å². The summed E-state index contributed by atoms with van der Waals surface area (Å²) >= 11 is 14.8. The average Bonchev–Trinajstić information content (AvgIpc) is 3.17. The number of likely N-dealkylation sites (tertiary alicyclic amines) is 1. The number of hydrogen-bond acceptors (Lipinski definition) is 3. The Kier molecular flexibility index (Phi) is 5.29. The molecule has 2 atom stereocenters. The zero-order valence-electron chi connectivity index (χ0n) is 19.6. The van der Waals surface area contributed by atoms with E-state index in [0.717, 1.165) is 28.7 Å². The van der Waals surface area contributed by atoms with E-state index in [1.54, 1.807) is 0 Å². The van der Waals surface area contributed by atoms with Crippen molar-refractivity contribution in [3.05, 3.63) is 101 Å². The quantitative estimate of drug-likeness (QED) is 0.374. The Morgan fingerprint density at radius 3 is 1.67 bits per heavy atom. The number of halogens is 2. The standard InChI is InChI=1S/C29H24Cl2N2O3/c1-2-17-11-13-18(14-12-17)32-23(34)15-16-33-26(35)24-25(27(33)36)29(31)20-8-4-3-7-19(20)28(24,30)21-9-5-6-10-22(21)29/h3-14,24-25H,2,15-16H2,1H3,(H,32,34)/t24-,25+,28?,29?. The van der Waals surface area contributed by atoms with Crippen molar-refractivity contribution in [2.45, 2.75) is 29.5 Å². The van der Waals surface area contributed by atoms with Crippen molar-refractivity contribution in [1.29, 1.82) is 0 Å². The van der Waals surface area contributed by atoms with Crippen molar-refractivity contribution in [2.75, 3.05) is 11.9 Å². The summed E-state index contributed by atoms with van der Waals surface area (Å²) in [5, 5.41) is 2.84. The van der Waals surface area contributed by atoms with Crippen molar-refractivity contribution >= 4 is 46.6 Å². The fourth-order valence-electron chi connectivity index (χ4n) is 6.21. The van der Waals surface area contributed by atoms with Crippen LogP contribution in [0.1, 0.15) is 41.2 Å². The van der Waals surface area contributed by atoms with E-state index in [-0.39, 0.29) is 30.7 Å². The van der Waals surface area contributed by atoms with Gasteiger partial charge in [0.15, 0.2) is 0 Å². The van der Waals surface area contributed by atoms with E-state index in [4.69, 9.17) is 23.2 Å². The normalized spacial score (nSPS) is 27.5. The maximum atomic E-state index is 13.8. The van der Waals surface area contributed by atoms with E-state index in [1.807, 2.05) is 72.8 Å². The number of carbonyl (C=O) groups excluding carboxylic acids is 3. The number of aryl methyl sites for hydroxylation is 1. The van der Waals surface area contributed by atoms with Crippen LogP contribution in [0.3, 0.4) is 0 Å². The molecule has 7 heteroatoms. The number of anilines is 1. The molecule has 0 unspecified atom stereocenters. The third-order valence-electron chi connectivity index (χ3n) is 7.89. The highest BCUT2D eigenvalue weighted by molar-refractivity contribution is 6.36. The maximum absolute atomic E-state index is 13.8. The number of amides is 3. The van der Waals surface area contributed by atoms with E-state index in [9.17, 15) is 14.4 Å². The molecule has 2 bridgehead atoms.